The van der Waals surface area contributed by atoms with Crippen LogP contribution >= 0.6 is 0 Å². The number of hydrogen-bond donors (Lipinski definition) is 4. The number of ether oxygens (including phenoxy) is 5. The molecule has 5 aliphatic carbocycles. The Labute approximate surface area is 245 Å². The van der Waals surface area contributed by atoms with Gasteiger partial charge >= 0.3 is 5.97 Å². The summed E-state index contributed by atoms with van der Waals surface area (Å²) in [6, 6.07) is 8.22. The van der Waals surface area contributed by atoms with Crippen LogP contribution in [0.15, 0.2) is 30.3 Å². The molecule has 42 heavy (non-hydrogen) atoms. The van der Waals surface area contributed by atoms with Crippen molar-refractivity contribution in [3.8, 4) is 0 Å². The van der Waals surface area contributed by atoms with Crippen LogP contribution < -0.4 is 0 Å². The zero-order valence-corrected chi connectivity index (χ0v) is 24.8. The van der Waals surface area contributed by atoms with Crippen LogP contribution in [0, 0.1) is 34.5 Å². The van der Waals surface area contributed by atoms with Crippen LogP contribution in [0.4, 0.5) is 0 Å². The molecule has 1 spiro atoms. The molecule has 6 fully saturated rings. The molecule has 1 aromatic carbocycles. The van der Waals surface area contributed by atoms with Gasteiger partial charge in [-0.25, -0.2) is 4.79 Å². The van der Waals surface area contributed by atoms with Gasteiger partial charge in [-0.2, -0.15) is 0 Å². The van der Waals surface area contributed by atoms with Crippen molar-refractivity contribution < 1.29 is 48.9 Å². The van der Waals surface area contributed by atoms with Gasteiger partial charge in [0.2, 0.25) is 0 Å². The Hall–Kier alpha value is -1.67. The van der Waals surface area contributed by atoms with E-state index < -0.39 is 82.4 Å². The number of carbonyl (C=O) groups is 1. The van der Waals surface area contributed by atoms with E-state index in [1.807, 2.05) is 7.05 Å². The smallest absolute Gasteiger partial charge is 0.338 e. The minimum atomic E-state index is -1.86. The number of methoxy groups -OCH3 is 4. The molecule has 6 aliphatic rings. The molecule has 7 rings (SSSR count). The highest BCUT2D eigenvalue weighted by Gasteiger charge is 2.91. The summed E-state index contributed by atoms with van der Waals surface area (Å²) >= 11 is 0. The molecule has 11 nitrogen and oxygen atoms in total. The van der Waals surface area contributed by atoms with Gasteiger partial charge in [-0.3, -0.25) is 0 Å². The van der Waals surface area contributed by atoms with Crippen molar-refractivity contribution in [3.63, 3.8) is 0 Å². The average molecular weight is 590 g/mol. The molecule has 1 saturated heterocycles. The molecule has 15 atom stereocenters. The minimum absolute atomic E-state index is 0.102. The standard InChI is InChI=1S/C31H43NO10/c1-32-13-28(14-38-2)17(33)11-18(39-3)30-16-12-29(36)25(42-27(35)15-9-7-6-8-10-15)19(16)31(37,24(34)26(29)41-5)20(23(30)32)21(40-4)22(28)30/h6-10,16-26,33-34,36-37H,11-14H2,1-5H3/t16-,17-,18+,19-,20-,21+,22-,23?,24+,25-,26+,28+,29+,30+,31-/m1/s1. The molecule has 0 radical (unpaired) electrons. The van der Waals surface area contributed by atoms with E-state index in [0.29, 0.717) is 18.5 Å². The van der Waals surface area contributed by atoms with Crippen LogP contribution in [0.5, 0.6) is 0 Å². The van der Waals surface area contributed by atoms with Crippen molar-refractivity contribution in [2.75, 3.05) is 48.6 Å². The summed E-state index contributed by atoms with van der Waals surface area (Å²) < 4.78 is 30.3. The Morgan fingerprint density at radius 1 is 1.00 bits per heavy atom. The number of aliphatic hydroxyl groups is 4. The number of hydrogen-bond acceptors (Lipinski definition) is 11. The van der Waals surface area contributed by atoms with Crippen molar-refractivity contribution in [2.24, 2.45) is 34.5 Å². The molecule has 1 unspecified atom stereocenters. The Morgan fingerprint density at radius 2 is 1.71 bits per heavy atom. The van der Waals surface area contributed by atoms with Crippen molar-refractivity contribution in [1.29, 1.82) is 0 Å². The predicted octanol–water partition coefficient (Wildman–Crippen LogP) is -0.313. The first-order valence-electron chi connectivity index (χ1n) is 14.9. The molecule has 0 amide bonds. The lowest BCUT2D eigenvalue weighted by atomic mass is 9.42. The third kappa shape index (κ3) is 3.05. The van der Waals surface area contributed by atoms with E-state index in [-0.39, 0.29) is 25.0 Å². The average Bonchev–Trinajstić information content (AvgIpc) is 3.37. The highest BCUT2D eigenvalue weighted by atomic mass is 16.6. The Balaban J connectivity index is 1.47. The molecule has 11 heteroatoms. The van der Waals surface area contributed by atoms with E-state index in [4.69, 9.17) is 23.7 Å². The Kier molecular flexibility index (Phi) is 6.52. The number of likely N-dealkylation sites (tertiary alicyclic amines) is 1. The minimum Gasteiger partial charge on any atom is -0.455 e. The van der Waals surface area contributed by atoms with Gasteiger partial charge in [-0.05, 0) is 31.5 Å². The van der Waals surface area contributed by atoms with Gasteiger partial charge in [-0.1, -0.05) is 18.2 Å². The number of esters is 1. The molecule has 232 valence electrons. The molecule has 1 aromatic rings. The molecular formula is C31H43NO10. The second-order valence-corrected chi connectivity index (χ2v) is 13.7. The number of aliphatic hydroxyl groups excluding tert-OH is 2. The van der Waals surface area contributed by atoms with Gasteiger partial charge in [0.25, 0.3) is 0 Å². The van der Waals surface area contributed by atoms with Crippen molar-refractivity contribution >= 4 is 5.97 Å². The second-order valence-electron chi connectivity index (χ2n) is 13.7. The van der Waals surface area contributed by atoms with Crippen LogP contribution in [0.3, 0.4) is 0 Å². The summed E-state index contributed by atoms with van der Waals surface area (Å²) in [7, 11) is 8.22. The SMILES string of the molecule is COC[C@]12CN(C)C3[C@H]4[C@H](OC)[C@H]1[C@@]3([C@@H](OC)C[C@H]2O)[C@@H]1C[C@]2(O)[C@H](OC(=O)c3ccccc3)[C@@H]1[C@]4(O)[C@@H](O)[C@@H]2OC. The quantitative estimate of drug-likeness (QED) is 0.311. The van der Waals surface area contributed by atoms with Crippen molar-refractivity contribution in [1.82, 2.24) is 4.90 Å². The first-order valence-corrected chi connectivity index (χ1v) is 14.9. The van der Waals surface area contributed by atoms with Crippen LogP contribution in [0.25, 0.3) is 0 Å². The molecule has 4 N–H and O–H groups in total. The van der Waals surface area contributed by atoms with Crippen LogP contribution in [-0.4, -0.2) is 134 Å². The Morgan fingerprint density at radius 3 is 2.33 bits per heavy atom. The van der Waals surface area contributed by atoms with Crippen LogP contribution in [0.1, 0.15) is 23.2 Å². The fourth-order valence-electron chi connectivity index (χ4n) is 11.8. The summed E-state index contributed by atoms with van der Waals surface area (Å²) in [5, 5.41) is 49.4. The lowest BCUT2D eigenvalue weighted by Crippen LogP contribution is -2.80. The fraction of sp³-hybridized carbons (Fsp3) is 0.774. The van der Waals surface area contributed by atoms with E-state index in [9.17, 15) is 25.2 Å². The monoisotopic (exact) mass is 589 g/mol. The number of nitrogens with zero attached hydrogens (tertiary/aromatic N) is 1. The highest BCUT2D eigenvalue weighted by molar-refractivity contribution is 5.89. The second kappa shape index (κ2) is 9.42. The van der Waals surface area contributed by atoms with E-state index in [1.54, 1.807) is 51.7 Å². The van der Waals surface area contributed by atoms with Crippen LogP contribution in [0.2, 0.25) is 0 Å². The van der Waals surface area contributed by atoms with Gasteiger partial charge < -0.3 is 49.0 Å². The topological polar surface area (TPSA) is 147 Å². The Bertz CT molecular complexity index is 1240. The molecule has 5 saturated carbocycles. The number of fused-ring (bicyclic) bond motifs is 2. The maximum absolute atomic E-state index is 13.5. The molecular weight excluding hydrogens is 546 g/mol. The van der Waals surface area contributed by atoms with Crippen molar-refractivity contribution in [3.05, 3.63) is 35.9 Å². The van der Waals surface area contributed by atoms with E-state index >= 15 is 0 Å². The predicted molar refractivity (Wildman–Crippen MR) is 146 cm³/mol. The number of rotatable bonds is 7. The van der Waals surface area contributed by atoms with E-state index in [1.165, 1.54) is 7.11 Å². The lowest BCUT2D eigenvalue weighted by molar-refractivity contribution is -0.318. The third-order valence-electron chi connectivity index (χ3n) is 12.6. The van der Waals surface area contributed by atoms with E-state index in [0.717, 1.165) is 0 Å². The number of benzene rings is 1. The van der Waals surface area contributed by atoms with E-state index in [2.05, 4.69) is 4.90 Å². The maximum atomic E-state index is 13.5. The normalized spacial score (nSPS) is 53.7. The maximum Gasteiger partial charge on any atom is 0.338 e. The van der Waals surface area contributed by atoms with Crippen LogP contribution in [-0.2, 0) is 23.7 Å². The zero-order valence-electron chi connectivity index (χ0n) is 24.8. The first kappa shape index (κ1) is 29.1. The largest absolute Gasteiger partial charge is 0.455 e. The summed E-state index contributed by atoms with van der Waals surface area (Å²) in [6.07, 6.45) is -5.28. The van der Waals surface area contributed by atoms with Gasteiger partial charge in [-0.15, -0.1) is 0 Å². The van der Waals surface area contributed by atoms with Gasteiger partial charge in [0.1, 0.15) is 29.5 Å². The molecule has 0 aromatic heterocycles. The van der Waals surface area contributed by atoms with Crippen molar-refractivity contribution in [2.45, 2.75) is 66.7 Å². The lowest BCUT2D eigenvalue weighted by Gasteiger charge is -2.69. The molecule has 1 heterocycles. The summed E-state index contributed by atoms with van der Waals surface area (Å²) in [4.78, 5) is 15.7. The molecule has 7 bridgehead atoms. The third-order valence-corrected chi connectivity index (χ3v) is 12.6. The summed E-state index contributed by atoms with van der Waals surface area (Å²) in [5.41, 5.74) is -4.81. The fourth-order valence-corrected chi connectivity index (χ4v) is 11.8. The van der Waals surface area contributed by atoms with Gasteiger partial charge in [0, 0.05) is 76.0 Å². The summed E-state index contributed by atoms with van der Waals surface area (Å²) in [6.45, 7) is 0.760. The van der Waals surface area contributed by atoms with Gasteiger partial charge in [0.15, 0.2) is 0 Å². The first-order chi connectivity index (χ1) is 20.0. The number of carbonyl (C=O) groups excluding carboxylic acids is 1. The van der Waals surface area contributed by atoms with Gasteiger partial charge in [0.05, 0.1) is 30.5 Å². The zero-order chi connectivity index (χ0) is 30.0. The summed E-state index contributed by atoms with van der Waals surface area (Å²) in [5.74, 6) is -2.96. The highest BCUT2D eigenvalue weighted by Crippen LogP contribution is 2.80. The molecule has 1 aliphatic heterocycles. The number of piperidine rings is 1.